The van der Waals surface area contributed by atoms with Crippen molar-refractivity contribution in [1.29, 1.82) is 0 Å². The molecule has 21 heavy (non-hydrogen) atoms. The van der Waals surface area contributed by atoms with E-state index in [4.69, 9.17) is 5.14 Å². The second-order valence-electron chi connectivity index (χ2n) is 4.98. The first kappa shape index (κ1) is 15.3. The summed E-state index contributed by atoms with van der Waals surface area (Å²) in [6.07, 6.45) is 0. The summed E-state index contributed by atoms with van der Waals surface area (Å²) in [5, 5.41) is 18.0. The van der Waals surface area contributed by atoms with E-state index in [0.717, 1.165) is 16.8 Å². The molecule has 1 unspecified atom stereocenters. The Morgan fingerprint density at radius 1 is 1.19 bits per heavy atom. The summed E-state index contributed by atoms with van der Waals surface area (Å²) in [6, 6.07) is 11.6. The lowest BCUT2D eigenvalue weighted by molar-refractivity contribution is 0.471. The summed E-state index contributed by atoms with van der Waals surface area (Å²) in [5.41, 5.74) is 2.35. The van der Waals surface area contributed by atoms with Crippen LogP contribution in [0.5, 0.6) is 5.75 Å². The maximum atomic E-state index is 11.4. The Bertz CT molecular complexity index is 757. The molecule has 4 N–H and O–H groups in total. The van der Waals surface area contributed by atoms with E-state index in [1.54, 1.807) is 18.2 Å². The zero-order valence-electron chi connectivity index (χ0n) is 11.9. The first-order valence-corrected chi connectivity index (χ1v) is 8.01. The molecule has 112 valence electrons. The molecule has 0 heterocycles. The van der Waals surface area contributed by atoms with Gasteiger partial charge in [0.15, 0.2) is 0 Å². The topological polar surface area (TPSA) is 92.4 Å². The molecular weight excluding hydrogens is 288 g/mol. The Morgan fingerprint density at radius 3 is 2.52 bits per heavy atom. The number of phenolic OH excluding ortho intramolecular Hbond substituents is 1. The Hall–Kier alpha value is -2.05. The lowest BCUT2D eigenvalue weighted by Gasteiger charge is -2.17. The number of nitrogens with one attached hydrogen (secondary N) is 1. The van der Waals surface area contributed by atoms with Crippen LogP contribution in [0.15, 0.2) is 47.4 Å². The fourth-order valence-corrected chi connectivity index (χ4v) is 2.56. The molecule has 0 saturated carbocycles. The molecule has 1 atom stereocenters. The number of hydrogen-bond acceptors (Lipinski definition) is 4. The van der Waals surface area contributed by atoms with Gasteiger partial charge in [-0.1, -0.05) is 18.2 Å². The van der Waals surface area contributed by atoms with Crippen LogP contribution >= 0.6 is 0 Å². The maximum absolute atomic E-state index is 11.4. The van der Waals surface area contributed by atoms with Crippen LogP contribution in [0.2, 0.25) is 0 Å². The fourth-order valence-electron chi connectivity index (χ4n) is 1.99. The quantitative estimate of drug-likeness (QED) is 0.809. The SMILES string of the molecule is Cc1ccc(NC(C)c2cccc(S(N)(=O)=O)c2)cc1O. The zero-order chi connectivity index (χ0) is 15.6. The highest BCUT2D eigenvalue weighted by Gasteiger charge is 2.12. The molecule has 0 aromatic heterocycles. The largest absolute Gasteiger partial charge is 0.508 e. The molecule has 6 heteroatoms. The van der Waals surface area contributed by atoms with E-state index >= 15 is 0 Å². The van der Waals surface area contributed by atoms with Crippen LogP contribution in [0.4, 0.5) is 5.69 Å². The summed E-state index contributed by atoms with van der Waals surface area (Å²) in [7, 11) is -3.71. The smallest absolute Gasteiger partial charge is 0.238 e. The Kier molecular flexibility index (Phi) is 4.20. The highest BCUT2D eigenvalue weighted by Crippen LogP contribution is 2.25. The van der Waals surface area contributed by atoms with Crippen LogP contribution in [0.1, 0.15) is 24.1 Å². The van der Waals surface area contributed by atoms with Gasteiger partial charge < -0.3 is 10.4 Å². The first-order chi connectivity index (χ1) is 9.77. The van der Waals surface area contributed by atoms with Gasteiger partial charge in [0.05, 0.1) is 4.90 Å². The molecule has 0 bridgehead atoms. The molecule has 2 rings (SSSR count). The third-order valence-corrected chi connectivity index (χ3v) is 4.19. The van der Waals surface area contributed by atoms with Gasteiger partial charge in [-0.15, -0.1) is 0 Å². The predicted octanol–water partition coefficient (Wildman–Crippen LogP) is 2.52. The van der Waals surface area contributed by atoms with E-state index in [1.807, 2.05) is 32.0 Å². The van der Waals surface area contributed by atoms with Gasteiger partial charge in [0, 0.05) is 17.8 Å². The van der Waals surface area contributed by atoms with Gasteiger partial charge in [-0.2, -0.15) is 0 Å². The molecule has 0 radical (unpaired) electrons. The molecule has 0 aliphatic rings. The van der Waals surface area contributed by atoms with Crippen LogP contribution < -0.4 is 10.5 Å². The molecule has 2 aromatic carbocycles. The average Bonchev–Trinajstić information content (AvgIpc) is 2.42. The van der Waals surface area contributed by atoms with Crippen molar-refractivity contribution in [3.63, 3.8) is 0 Å². The van der Waals surface area contributed by atoms with Gasteiger partial charge in [-0.25, -0.2) is 13.6 Å². The van der Waals surface area contributed by atoms with Crippen molar-refractivity contribution in [2.24, 2.45) is 5.14 Å². The minimum absolute atomic E-state index is 0.0837. The Balaban J connectivity index is 2.24. The fraction of sp³-hybridized carbons (Fsp3) is 0.200. The number of rotatable bonds is 4. The molecule has 5 nitrogen and oxygen atoms in total. The van der Waals surface area contributed by atoms with Crippen molar-refractivity contribution in [2.45, 2.75) is 24.8 Å². The van der Waals surface area contributed by atoms with Crippen molar-refractivity contribution in [3.8, 4) is 5.75 Å². The van der Waals surface area contributed by atoms with Crippen LogP contribution in [-0.2, 0) is 10.0 Å². The number of nitrogens with two attached hydrogens (primary N) is 1. The van der Waals surface area contributed by atoms with Gasteiger partial charge in [0.25, 0.3) is 0 Å². The normalized spacial score (nSPS) is 12.9. The number of aromatic hydroxyl groups is 1. The second-order valence-corrected chi connectivity index (χ2v) is 6.55. The van der Waals surface area contributed by atoms with Crippen molar-refractivity contribution in [3.05, 3.63) is 53.6 Å². The second kappa shape index (κ2) is 5.75. The molecule has 0 amide bonds. The third kappa shape index (κ3) is 3.74. The average molecular weight is 306 g/mol. The third-order valence-electron chi connectivity index (χ3n) is 3.28. The van der Waals surface area contributed by atoms with Crippen LogP contribution in [-0.4, -0.2) is 13.5 Å². The van der Waals surface area contributed by atoms with Crippen molar-refractivity contribution in [1.82, 2.24) is 0 Å². The van der Waals surface area contributed by atoms with Crippen molar-refractivity contribution >= 4 is 15.7 Å². The predicted molar refractivity (Wildman–Crippen MR) is 82.7 cm³/mol. The van der Waals surface area contributed by atoms with Crippen LogP contribution in [0.3, 0.4) is 0 Å². The van der Waals surface area contributed by atoms with E-state index < -0.39 is 10.0 Å². The number of phenols is 1. The van der Waals surface area contributed by atoms with Gasteiger partial charge in [-0.05, 0) is 43.2 Å². The number of benzene rings is 2. The van der Waals surface area contributed by atoms with E-state index in [1.165, 1.54) is 6.07 Å². The van der Waals surface area contributed by atoms with Crippen molar-refractivity contribution in [2.75, 3.05) is 5.32 Å². The molecular formula is C15H18N2O3S. The number of anilines is 1. The minimum atomic E-state index is -3.71. The summed E-state index contributed by atoms with van der Waals surface area (Å²) in [6.45, 7) is 3.72. The van der Waals surface area contributed by atoms with Crippen molar-refractivity contribution < 1.29 is 13.5 Å². The van der Waals surface area contributed by atoms with E-state index in [0.29, 0.717) is 0 Å². The monoisotopic (exact) mass is 306 g/mol. The van der Waals surface area contributed by atoms with Gasteiger partial charge in [0.2, 0.25) is 10.0 Å². The van der Waals surface area contributed by atoms with Gasteiger partial charge in [0.1, 0.15) is 5.75 Å². The minimum Gasteiger partial charge on any atom is -0.508 e. The van der Waals surface area contributed by atoms with Crippen LogP contribution in [0.25, 0.3) is 0 Å². The number of aryl methyl sites for hydroxylation is 1. The Labute approximate surface area is 124 Å². The maximum Gasteiger partial charge on any atom is 0.238 e. The lowest BCUT2D eigenvalue weighted by Crippen LogP contribution is -2.13. The molecule has 0 saturated heterocycles. The molecule has 0 spiro atoms. The first-order valence-electron chi connectivity index (χ1n) is 6.46. The summed E-state index contributed by atoms with van der Waals surface area (Å²) < 4.78 is 22.7. The number of sulfonamides is 1. The summed E-state index contributed by atoms with van der Waals surface area (Å²) in [4.78, 5) is 0.0837. The molecule has 2 aromatic rings. The highest BCUT2D eigenvalue weighted by molar-refractivity contribution is 7.89. The number of primary sulfonamides is 1. The highest BCUT2D eigenvalue weighted by atomic mass is 32.2. The van der Waals surface area contributed by atoms with E-state index in [2.05, 4.69) is 5.32 Å². The number of hydrogen-bond donors (Lipinski definition) is 3. The lowest BCUT2D eigenvalue weighted by atomic mass is 10.1. The van der Waals surface area contributed by atoms with Gasteiger partial charge >= 0.3 is 0 Å². The Morgan fingerprint density at radius 2 is 1.90 bits per heavy atom. The molecule has 0 fully saturated rings. The molecule has 0 aliphatic heterocycles. The van der Waals surface area contributed by atoms with Gasteiger partial charge in [-0.3, -0.25) is 0 Å². The summed E-state index contributed by atoms with van der Waals surface area (Å²) in [5.74, 6) is 0.213. The van der Waals surface area contributed by atoms with Crippen LogP contribution in [0, 0.1) is 6.92 Å². The zero-order valence-corrected chi connectivity index (χ0v) is 12.7. The molecule has 0 aliphatic carbocycles. The summed E-state index contributed by atoms with van der Waals surface area (Å²) >= 11 is 0. The standard InChI is InChI=1S/C15H18N2O3S/c1-10-6-7-13(9-15(10)18)17-11(2)12-4-3-5-14(8-12)21(16,19)20/h3-9,11,17-18H,1-2H3,(H2,16,19,20). The van der Waals surface area contributed by atoms with E-state index in [9.17, 15) is 13.5 Å². The van der Waals surface area contributed by atoms with E-state index in [-0.39, 0.29) is 16.7 Å².